The van der Waals surface area contributed by atoms with Gasteiger partial charge in [-0.1, -0.05) is 39.7 Å². The van der Waals surface area contributed by atoms with Crippen LogP contribution < -0.4 is 4.74 Å². The smallest absolute Gasteiger partial charge is 0.221 e. The van der Waals surface area contributed by atoms with Gasteiger partial charge in [-0.3, -0.25) is 0 Å². The fourth-order valence-electron chi connectivity index (χ4n) is 1.34. The topological polar surface area (TPSA) is 35.0 Å². The van der Waals surface area contributed by atoms with E-state index in [0.29, 0.717) is 17.6 Å². The van der Waals surface area contributed by atoms with Crippen LogP contribution in [0.25, 0.3) is 0 Å². The van der Waals surface area contributed by atoms with Crippen LogP contribution >= 0.6 is 27.5 Å². The van der Waals surface area contributed by atoms with Gasteiger partial charge in [0, 0.05) is 10.0 Å². The highest BCUT2D eigenvalue weighted by atomic mass is 79.9. The molecule has 0 spiro atoms. The van der Waals surface area contributed by atoms with Crippen molar-refractivity contribution in [2.45, 2.75) is 13.5 Å². The van der Waals surface area contributed by atoms with Gasteiger partial charge in [0.15, 0.2) is 0 Å². The zero-order chi connectivity index (χ0) is 12.3. The van der Waals surface area contributed by atoms with Gasteiger partial charge < -0.3 is 4.74 Å². The zero-order valence-electron chi connectivity index (χ0n) is 9.15. The molecule has 2 rings (SSSR count). The van der Waals surface area contributed by atoms with Crippen LogP contribution in [0.15, 0.2) is 35.1 Å². The van der Waals surface area contributed by atoms with Gasteiger partial charge in [0.05, 0.1) is 0 Å². The number of halogens is 2. The quantitative estimate of drug-likeness (QED) is 0.809. The minimum absolute atomic E-state index is 0.421. The lowest BCUT2D eigenvalue weighted by atomic mass is 10.2. The van der Waals surface area contributed by atoms with Crippen LogP contribution in [0, 0.1) is 6.92 Å². The number of hydrogen-bond acceptors (Lipinski definition) is 3. The van der Waals surface area contributed by atoms with Crippen LogP contribution in [0.3, 0.4) is 0 Å². The van der Waals surface area contributed by atoms with Crippen molar-refractivity contribution in [3.8, 4) is 5.88 Å². The average molecular weight is 314 g/mol. The van der Waals surface area contributed by atoms with Crippen LogP contribution in [0.4, 0.5) is 0 Å². The summed E-state index contributed by atoms with van der Waals surface area (Å²) >= 11 is 9.29. The van der Waals surface area contributed by atoms with Crippen molar-refractivity contribution in [3.63, 3.8) is 0 Å². The van der Waals surface area contributed by atoms with E-state index in [1.54, 1.807) is 0 Å². The summed E-state index contributed by atoms with van der Waals surface area (Å²) in [6.45, 7) is 2.28. The molecular weight excluding hydrogens is 304 g/mol. The first-order chi connectivity index (χ1) is 8.16. The van der Waals surface area contributed by atoms with E-state index >= 15 is 0 Å². The molecule has 0 unspecified atom stereocenters. The maximum atomic E-state index is 5.88. The van der Waals surface area contributed by atoms with Crippen LogP contribution in [-0.2, 0) is 6.61 Å². The second-order valence-electron chi connectivity index (χ2n) is 3.51. The molecule has 88 valence electrons. The van der Waals surface area contributed by atoms with Crippen molar-refractivity contribution >= 4 is 27.5 Å². The van der Waals surface area contributed by atoms with Gasteiger partial charge in [-0.15, -0.1) is 0 Å². The molecule has 0 N–H and O–H groups in total. The molecule has 0 radical (unpaired) electrons. The molecule has 1 aromatic heterocycles. The van der Waals surface area contributed by atoms with E-state index in [1.807, 2.05) is 31.2 Å². The van der Waals surface area contributed by atoms with Crippen LogP contribution in [-0.4, -0.2) is 9.97 Å². The summed E-state index contributed by atoms with van der Waals surface area (Å²) in [5.41, 5.74) is 1.82. The fraction of sp³-hybridized carbons (Fsp3) is 0.167. The third-order valence-corrected chi connectivity index (χ3v) is 3.12. The number of rotatable bonds is 3. The molecule has 0 aliphatic carbocycles. The lowest BCUT2D eigenvalue weighted by Gasteiger charge is -2.08. The van der Waals surface area contributed by atoms with Gasteiger partial charge in [0.1, 0.15) is 18.1 Å². The van der Waals surface area contributed by atoms with Crippen molar-refractivity contribution in [3.05, 3.63) is 51.3 Å². The van der Waals surface area contributed by atoms with E-state index in [4.69, 9.17) is 16.3 Å². The van der Waals surface area contributed by atoms with Gasteiger partial charge in [-0.25, -0.2) is 9.97 Å². The molecule has 1 aromatic carbocycles. The summed E-state index contributed by atoms with van der Waals surface area (Å²) in [5, 5.41) is 0.421. The van der Waals surface area contributed by atoms with E-state index in [9.17, 15) is 0 Å². The third kappa shape index (κ3) is 3.17. The van der Waals surface area contributed by atoms with Crippen molar-refractivity contribution in [2.75, 3.05) is 0 Å². The highest BCUT2D eigenvalue weighted by Crippen LogP contribution is 2.21. The molecule has 2 aromatic rings. The Hall–Kier alpha value is -1.13. The molecule has 0 amide bonds. The molecule has 0 fully saturated rings. The Morgan fingerprint density at radius 1 is 1.35 bits per heavy atom. The first-order valence-electron chi connectivity index (χ1n) is 5.01. The largest absolute Gasteiger partial charge is 0.472 e. The maximum Gasteiger partial charge on any atom is 0.221 e. The summed E-state index contributed by atoms with van der Waals surface area (Å²) in [4.78, 5) is 7.92. The van der Waals surface area contributed by atoms with Gasteiger partial charge in [-0.05, 0) is 24.6 Å². The van der Waals surface area contributed by atoms with E-state index in [1.165, 1.54) is 6.33 Å². The second-order valence-corrected chi connectivity index (χ2v) is 4.79. The Morgan fingerprint density at radius 2 is 2.18 bits per heavy atom. The molecule has 0 atom stereocenters. The predicted molar refractivity (Wildman–Crippen MR) is 70.3 cm³/mol. The molecule has 0 bridgehead atoms. The van der Waals surface area contributed by atoms with Crippen LogP contribution in [0.1, 0.15) is 11.1 Å². The Bertz CT molecular complexity index is 534. The first kappa shape index (κ1) is 12.3. The Labute approximate surface area is 113 Å². The Balaban J connectivity index is 2.10. The van der Waals surface area contributed by atoms with E-state index < -0.39 is 0 Å². The normalized spacial score (nSPS) is 10.3. The number of benzene rings is 1. The molecule has 0 aliphatic rings. The van der Waals surface area contributed by atoms with E-state index in [2.05, 4.69) is 25.9 Å². The van der Waals surface area contributed by atoms with Crippen molar-refractivity contribution in [1.82, 2.24) is 9.97 Å². The summed E-state index contributed by atoms with van der Waals surface area (Å²) < 4.78 is 6.63. The number of aromatic nitrogens is 2. The summed E-state index contributed by atoms with van der Waals surface area (Å²) in [5.74, 6) is 0.518. The number of hydrogen-bond donors (Lipinski definition) is 0. The van der Waals surface area contributed by atoms with Gasteiger partial charge >= 0.3 is 0 Å². The molecular formula is C12H10BrClN2O. The predicted octanol–water partition coefficient (Wildman–Crippen LogP) is 3.78. The second kappa shape index (κ2) is 5.47. The van der Waals surface area contributed by atoms with Crippen LogP contribution in [0.5, 0.6) is 5.88 Å². The standard InChI is InChI=1S/C12H10BrClN2O/c1-8-11(14)15-7-16-12(8)17-6-9-3-2-4-10(13)5-9/h2-5,7H,6H2,1H3. The molecule has 5 heteroatoms. The highest BCUT2D eigenvalue weighted by molar-refractivity contribution is 9.10. The molecule has 3 nitrogen and oxygen atoms in total. The van der Waals surface area contributed by atoms with E-state index in [0.717, 1.165) is 15.6 Å². The van der Waals surface area contributed by atoms with Gasteiger partial charge in [-0.2, -0.15) is 0 Å². The van der Waals surface area contributed by atoms with Crippen molar-refractivity contribution < 1.29 is 4.74 Å². The highest BCUT2D eigenvalue weighted by Gasteiger charge is 2.06. The van der Waals surface area contributed by atoms with Gasteiger partial charge in [0.25, 0.3) is 0 Å². The van der Waals surface area contributed by atoms with Crippen LogP contribution in [0.2, 0.25) is 5.15 Å². The number of nitrogens with zero attached hydrogens (tertiary/aromatic N) is 2. The maximum absolute atomic E-state index is 5.88. The zero-order valence-corrected chi connectivity index (χ0v) is 11.5. The lowest BCUT2D eigenvalue weighted by molar-refractivity contribution is 0.291. The average Bonchev–Trinajstić information content (AvgIpc) is 2.31. The summed E-state index contributed by atoms with van der Waals surface area (Å²) in [7, 11) is 0. The minimum Gasteiger partial charge on any atom is -0.472 e. The van der Waals surface area contributed by atoms with Crippen molar-refractivity contribution in [2.24, 2.45) is 0 Å². The molecule has 0 aliphatic heterocycles. The van der Waals surface area contributed by atoms with Crippen molar-refractivity contribution in [1.29, 1.82) is 0 Å². The molecule has 17 heavy (non-hydrogen) atoms. The molecule has 1 heterocycles. The third-order valence-electron chi connectivity index (χ3n) is 2.24. The Morgan fingerprint density at radius 3 is 2.94 bits per heavy atom. The SMILES string of the molecule is Cc1c(Cl)ncnc1OCc1cccc(Br)c1. The van der Waals surface area contributed by atoms with Gasteiger partial charge in [0.2, 0.25) is 5.88 Å². The first-order valence-corrected chi connectivity index (χ1v) is 6.18. The minimum atomic E-state index is 0.421. The number of ether oxygens (including phenoxy) is 1. The molecule has 0 saturated heterocycles. The fourth-order valence-corrected chi connectivity index (χ4v) is 1.91. The monoisotopic (exact) mass is 312 g/mol. The Kier molecular flexibility index (Phi) is 3.97. The summed E-state index contributed by atoms with van der Waals surface area (Å²) in [6, 6.07) is 7.92. The van der Waals surface area contributed by atoms with E-state index in [-0.39, 0.29) is 0 Å². The summed E-state index contributed by atoms with van der Waals surface area (Å²) in [6.07, 6.45) is 1.39. The molecule has 0 saturated carbocycles. The lowest BCUT2D eigenvalue weighted by Crippen LogP contribution is -2.00.